The minimum Gasteiger partial charge on any atom is -0.497 e. The maximum atomic E-state index is 12.9. The number of ether oxygens (including phenoxy) is 1. The lowest BCUT2D eigenvalue weighted by Crippen LogP contribution is -2.38. The summed E-state index contributed by atoms with van der Waals surface area (Å²) < 4.78 is 5.33. The fourth-order valence-corrected chi connectivity index (χ4v) is 4.64. The van der Waals surface area contributed by atoms with Crippen molar-refractivity contribution in [3.63, 3.8) is 0 Å². The summed E-state index contributed by atoms with van der Waals surface area (Å²) in [4.78, 5) is 18.4. The predicted molar refractivity (Wildman–Crippen MR) is 129 cm³/mol. The van der Waals surface area contributed by atoms with Crippen molar-refractivity contribution >= 4 is 22.5 Å². The van der Waals surface area contributed by atoms with Gasteiger partial charge < -0.3 is 19.9 Å². The summed E-state index contributed by atoms with van der Waals surface area (Å²) in [5, 5.41) is 4.37. The molecule has 1 aliphatic rings. The standard InChI is InChI=1S/C27H27N3O2/c1-32-21-12-10-19(11-13-21)23(24-17-28-25-8-4-3-7-22(24)25)16-29-27(31)18-30-15-14-20-6-2-5-9-26(20)30/h2-13,17,23,28H,14-16,18H2,1H3,(H,29,31)/t23-/m1/s1. The van der Waals surface area contributed by atoms with Gasteiger partial charge in [-0.1, -0.05) is 48.5 Å². The molecule has 0 saturated carbocycles. The summed E-state index contributed by atoms with van der Waals surface area (Å²) in [5.41, 5.74) is 5.90. The number of fused-ring (bicyclic) bond motifs is 2. The fourth-order valence-electron chi connectivity index (χ4n) is 4.64. The van der Waals surface area contributed by atoms with E-state index in [1.54, 1.807) is 7.11 Å². The molecule has 0 radical (unpaired) electrons. The zero-order valence-corrected chi connectivity index (χ0v) is 18.2. The molecule has 4 aromatic rings. The molecule has 1 aromatic heterocycles. The van der Waals surface area contributed by atoms with Crippen LogP contribution in [0.1, 0.15) is 22.6 Å². The van der Waals surface area contributed by atoms with Crippen LogP contribution in [0.5, 0.6) is 5.75 Å². The number of rotatable bonds is 7. The van der Waals surface area contributed by atoms with Crippen molar-refractivity contribution in [1.29, 1.82) is 0 Å². The maximum absolute atomic E-state index is 12.9. The third-order valence-electron chi connectivity index (χ3n) is 6.34. The Bertz CT molecular complexity index is 1230. The number of anilines is 1. The molecule has 1 amide bonds. The summed E-state index contributed by atoms with van der Waals surface area (Å²) in [7, 11) is 1.67. The lowest BCUT2D eigenvalue weighted by molar-refractivity contribution is -0.119. The average molecular weight is 426 g/mol. The lowest BCUT2D eigenvalue weighted by atomic mass is 9.90. The normalized spacial score (nSPS) is 13.7. The van der Waals surface area contributed by atoms with Crippen LogP contribution in [0.2, 0.25) is 0 Å². The van der Waals surface area contributed by atoms with Gasteiger partial charge in [0.25, 0.3) is 0 Å². The number of carbonyl (C=O) groups is 1. The number of H-pyrrole nitrogens is 1. The number of nitrogens with one attached hydrogen (secondary N) is 2. The zero-order valence-electron chi connectivity index (χ0n) is 18.2. The number of carbonyl (C=O) groups excluding carboxylic acids is 1. The Hall–Kier alpha value is -3.73. The molecule has 1 atom stereocenters. The van der Waals surface area contributed by atoms with Gasteiger partial charge in [0.05, 0.1) is 13.7 Å². The average Bonchev–Trinajstić information content (AvgIpc) is 3.44. The van der Waals surface area contributed by atoms with Crippen LogP contribution in [-0.4, -0.2) is 37.6 Å². The number of nitrogens with zero attached hydrogens (tertiary/aromatic N) is 1. The van der Waals surface area contributed by atoms with Gasteiger partial charge in [0.2, 0.25) is 5.91 Å². The quantitative estimate of drug-likeness (QED) is 0.459. The monoisotopic (exact) mass is 425 g/mol. The molecular weight excluding hydrogens is 398 g/mol. The number of para-hydroxylation sites is 2. The third kappa shape index (κ3) is 3.94. The lowest BCUT2D eigenvalue weighted by Gasteiger charge is -2.21. The summed E-state index contributed by atoms with van der Waals surface area (Å²) in [5.74, 6) is 0.898. The van der Waals surface area contributed by atoms with Crippen molar-refractivity contribution in [3.05, 3.63) is 95.7 Å². The molecule has 0 unspecified atom stereocenters. The molecule has 0 spiro atoms. The van der Waals surface area contributed by atoms with E-state index in [2.05, 4.69) is 63.9 Å². The first-order valence-electron chi connectivity index (χ1n) is 11.0. The van der Waals surface area contributed by atoms with Gasteiger partial charge in [-0.05, 0) is 47.4 Å². The minimum absolute atomic E-state index is 0.0341. The van der Waals surface area contributed by atoms with E-state index in [0.717, 1.165) is 29.8 Å². The highest BCUT2D eigenvalue weighted by atomic mass is 16.5. The van der Waals surface area contributed by atoms with Gasteiger partial charge in [-0.3, -0.25) is 4.79 Å². The van der Waals surface area contributed by atoms with E-state index in [0.29, 0.717) is 13.1 Å². The van der Waals surface area contributed by atoms with Gasteiger partial charge in [-0.15, -0.1) is 0 Å². The second kappa shape index (κ2) is 8.79. The summed E-state index contributed by atoms with van der Waals surface area (Å²) >= 11 is 0. The van der Waals surface area contributed by atoms with Crippen LogP contribution in [0.15, 0.2) is 79.0 Å². The van der Waals surface area contributed by atoms with Crippen LogP contribution < -0.4 is 15.0 Å². The zero-order chi connectivity index (χ0) is 21.9. The van der Waals surface area contributed by atoms with Crippen LogP contribution in [0.4, 0.5) is 5.69 Å². The second-order valence-corrected chi connectivity index (χ2v) is 8.22. The molecule has 5 nitrogen and oxygen atoms in total. The Morgan fingerprint density at radius 2 is 1.84 bits per heavy atom. The van der Waals surface area contributed by atoms with E-state index in [1.807, 2.05) is 30.3 Å². The van der Waals surface area contributed by atoms with Gasteiger partial charge in [0, 0.05) is 41.8 Å². The van der Waals surface area contributed by atoms with Crippen molar-refractivity contribution in [2.45, 2.75) is 12.3 Å². The number of benzene rings is 3. The summed E-state index contributed by atoms with van der Waals surface area (Å²) in [6.07, 6.45) is 3.05. The third-order valence-corrected chi connectivity index (χ3v) is 6.34. The van der Waals surface area contributed by atoms with Crippen LogP contribution in [0, 0.1) is 0 Å². The van der Waals surface area contributed by atoms with Crippen molar-refractivity contribution < 1.29 is 9.53 Å². The summed E-state index contributed by atoms with van der Waals surface area (Å²) in [6, 6.07) is 24.7. The van der Waals surface area contributed by atoms with Crippen molar-refractivity contribution in [2.24, 2.45) is 0 Å². The molecule has 0 bridgehead atoms. The van der Waals surface area contributed by atoms with Crippen LogP contribution in [0.25, 0.3) is 10.9 Å². The van der Waals surface area contributed by atoms with Gasteiger partial charge in [-0.25, -0.2) is 0 Å². The molecule has 162 valence electrons. The Morgan fingerprint density at radius 3 is 2.69 bits per heavy atom. The molecular formula is C27H27N3O2. The van der Waals surface area contributed by atoms with Crippen LogP contribution in [0.3, 0.4) is 0 Å². The molecule has 2 heterocycles. The van der Waals surface area contributed by atoms with Gasteiger partial charge in [-0.2, -0.15) is 0 Å². The molecule has 0 saturated heterocycles. The van der Waals surface area contributed by atoms with Crippen molar-refractivity contribution in [2.75, 3.05) is 31.6 Å². The Kier molecular flexibility index (Phi) is 5.55. The largest absolute Gasteiger partial charge is 0.497 e. The number of aromatic nitrogens is 1. The molecule has 1 aliphatic heterocycles. The van der Waals surface area contributed by atoms with Gasteiger partial charge in [0.15, 0.2) is 0 Å². The van der Waals surface area contributed by atoms with E-state index in [4.69, 9.17) is 4.74 Å². The van der Waals surface area contributed by atoms with Gasteiger partial charge >= 0.3 is 0 Å². The number of aromatic amines is 1. The Morgan fingerprint density at radius 1 is 1.06 bits per heavy atom. The van der Waals surface area contributed by atoms with E-state index in [9.17, 15) is 4.79 Å². The van der Waals surface area contributed by atoms with Crippen LogP contribution >= 0.6 is 0 Å². The smallest absolute Gasteiger partial charge is 0.239 e. The molecule has 0 fully saturated rings. The second-order valence-electron chi connectivity index (χ2n) is 8.22. The van der Waals surface area contributed by atoms with E-state index >= 15 is 0 Å². The number of amides is 1. The number of methoxy groups -OCH3 is 1. The van der Waals surface area contributed by atoms with Crippen molar-refractivity contribution in [1.82, 2.24) is 10.3 Å². The highest BCUT2D eigenvalue weighted by Crippen LogP contribution is 2.31. The molecule has 5 rings (SSSR count). The SMILES string of the molecule is COc1ccc([C@@H](CNC(=O)CN2CCc3ccccc32)c2c[nH]c3ccccc23)cc1. The van der Waals surface area contributed by atoms with E-state index < -0.39 is 0 Å². The predicted octanol–water partition coefficient (Wildman–Crippen LogP) is 4.49. The Balaban J connectivity index is 1.36. The maximum Gasteiger partial charge on any atom is 0.239 e. The summed E-state index contributed by atoms with van der Waals surface area (Å²) in [6.45, 7) is 1.79. The molecule has 3 aromatic carbocycles. The highest BCUT2D eigenvalue weighted by Gasteiger charge is 2.23. The first-order valence-corrected chi connectivity index (χ1v) is 11.0. The van der Waals surface area contributed by atoms with E-state index in [-0.39, 0.29) is 11.8 Å². The molecule has 5 heteroatoms. The molecule has 2 N–H and O–H groups in total. The highest BCUT2D eigenvalue weighted by molar-refractivity contribution is 5.85. The van der Waals surface area contributed by atoms with Gasteiger partial charge in [0.1, 0.15) is 5.75 Å². The number of hydrogen-bond acceptors (Lipinski definition) is 3. The minimum atomic E-state index is 0.0341. The van der Waals surface area contributed by atoms with Crippen molar-refractivity contribution in [3.8, 4) is 5.75 Å². The molecule has 0 aliphatic carbocycles. The first-order chi connectivity index (χ1) is 15.7. The van der Waals surface area contributed by atoms with E-state index in [1.165, 1.54) is 22.2 Å². The Labute approximate surface area is 188 Å². The number of hydrogen-bond donors (Lipinski definition) is 2. The first kappa shape index (κ1) is 20.2. The van der Waals surface area contributed by atoms with Crippen LogP contribution in [-0.2, 0) is 11.2 Å². The topological polar surface area (TPSA) is 57.4 Å². The molecule has 32 heavy (non-hydrogen) atoms. The fraction of sp³-hybridized carbons (Fsp3) is 0.222.